The minimum Gasteiger partial charge on any atom is -0.380 e. The van der Waals surface area contributed by atoms with Crippen molar-refractivity contribution in [2.75, 3.05) is 26.0 Å². The lowest BCUT2D eigenvalue weighted by atomic mass is 10.3. The van der Waals surface area contributed by atoms with Crippen LogP contribution in [0.25, 0.3) is 0 Å². The van der Waals surface area contributed by atoms with Crippen LogP contribution in [0.3, 0.4) is 0 Å². The normalized spacial score (nSPS) is 21.5. The van der Waals surface area contributed by atoms with Crippen molar-refractivity contribution < 1.29 is 4.74 Å². The summed E-state index contributed by atoms with van der Waals surface area (Å²) >= 11 is 2.00. The average Bonchev–Trinajstić information content (AvgIpc) is 2.92. The lowest BCUT2D eigenvalue weighted by Gasteiger charge is -2.18. The van der Waals surface area contributed by atoms with E-state index in [9.17, 15) is 0 Å². The Morgan fingerprint density at radius 2 is 2.23 bits per heavy atom. The summed E-state index contributed by atoms with van der Waals surface area (Å²) in [5.41, 5.74) is 0. The molecule has 1 saturated carbocycles. The largest absolute Gasteiger partial charge is 0.380 e. The molecule has 1 rings (SSSR count). The van der Waals surface area contributed by atoms with Crippen molar-refractivity contribution >= 4 is 11.8 Å². The van der Waals surface area contributed by atoms with Gasteiger partial charge in [-0.3, -0.25) is 0 Å². The van der Waals surface area contributed by atoms with E-state index in [0.29, 0.717) is 10.8 Å². The molecule has 1 atom stereocenters. The lowest BCUT2D eigenvalue weighted by Crippen LogP contribution is -2.36. The molecule has 1 fully saturated rings. The summed E-state index contributed by atoms with van der Waals surface area (Å²) < 4.78 is 5.92. The van der Waals surface area contributed by atoms with Gasteiger partial charge in [-0.25, -0.2) is 0 Å². The molecule has 3 heteroatoms. The van der Waals surface area contributed by atoms with Gasteiger partial charge in [0.2, 0.25) is 0 Å². The quantitative estimate of drug-likeness (QED) is 0.683. The molecule has 0 aromatic carbocycles. The van der Waals surface area contributed by atoms with Crippen LogP contribution in [0.15, 0.2) is 0 Å². The summed E-state index contributed by atoms with van der Waals surface area (Å²) in [6.07, 6.45) is 4.97. The van der Waals surface area contributed by atoms with Gasteiger partial charge in [-0.2, -0.15) is 11.8 Å². The smallest absolute Gasteiger partial charge is 0.0616 e. The van der Waals surface area contributed by atoms with Crippen molar-refractivity contribution in [3.8, 4) is 0 Å². The van der Waals surface area contributed by atoms with E-state index >= 15 is 0 Å². The fourth-order valence-corrected chi connectivity index (χ4v) is 2.04. The molecule has 2 nitrogen and oxygen atoms in total. The molecule has 0 heterocycles. The van der Waals surface area contributed by atoms with Gasteiger partial charge in [0.1, 0.15) is 0 Å². The van der Waals surface area contributed by atoms with E-state index in [1.165, 1.54) is 12.8 Å². The number of thioether (sulfide) groups is 1. The molecule has 0 bridgehead atoms. The van der Waals surface area contributed by atoms with Crippen molar-refractivity contribution in [2.45, 2.75) is 37.5 Å². The number of rotatable bonds is 7. The first-order chi connectivity index (χ1) is 6.22. The molecule has 0 amide bonds. The zero-order chi connectivity index (χ0) is 9.73. The molecule has 78 valence electrons. The molecule has 1 aliphatic rings. The molecular weight excluding hydrogens is 182 g/mol. The molecule has 1 unspecified atom stereocenters. The van der Waals surface area contributed by atoms with Gasteiger partial charge < -0.3 is 10.1 Å². The van der Waals surface area contributed by atoms with Crippen LogP contribution < -0.4 is 5.32 Å². The van der Waals surface area contributed by atoms with Gasteiger partial charge in [-0.15, -0.1) is 0 Å². The summed E-state index contributed by atoms with van der Waals surface area (Å²) in [4.78, 5) is 0. The van der Waals surface area contributed by atoms with Gasteiger partial charge in [-0.05, 0) is 32.9 Å². The molecule has 0 radical (unpaired) electrons. The zero-order valence-electron chi connectivity index (χ0n) is 8.93. The Labute approximate surface area is 85.8 Å². The number of ether oxygens (including phenoxy) is 1. The highest BCUT2D eigenvalue weighted by Crippen LogP contribution is 2.46. The lowest BCUT2D eigenvalue weighted by molar-refractivity contribution is 0.127. The highest BCUT2D eigenvalue weighted by atomic mass is 32.2. The van der Waals surface area contributed by atoms with Crippen LogP contribution >= 0.6 is 11.8 Å². The molecule has 1 N–H and O–H groups in total. The van der Waals surface area contributed by atoms with Crippen molar-refractivity contribution in [2.24, 2.45) is 0 Å². The third-order valence-electron chi connectivity index (χ3n) is 2.59. The maximum Gasteiger partial charge on any atom is 0.0616 e. The third-order valence-corrected chi connectivity index (χ3v) is 4.00. The molecule has 1 aliphatic carbocycles. The van der Waals surface area contributed by atoms with Crippen molar-refractivity contribution in [1.82, 2.24) is 5.32 Å². The van der Waals surface area contributed by atoms with Crippen LogP contribution in [0.5, 0.6) is 0 Å². The Balaban J connectivity index is 2.04. The van der Waals surface area contributed by atoms with Gasteiger partial charge in [0.05, 0.1) is 6.61 Å². The summed E-state index contributed by atoms with van der Waals surface area (Å²) in [5.74, 6) is 0. The molecule has 0 saturated heterocycles. The Morgan fingerprint density at radius 1 is 1.54 bits per heavy atom. The van der Waals surface area contributed by atoms with Gasteiger partial charge in [-0.1, -0.05) is 0 Å². The van der Waals surface area contributed by atoms with Crippen LogP contribution in [0.4, 0.5) is 0 Å². The monoisotopic (exact) mass is 203 g/mol. The minimum absolute atomic E-state index is 0.490. The number of hydrogen-bond donors (Lipinski definition) is 1. The second kappa shape index (κ2) is 5.23. The van der Waals surface area contributed by atoms with Gasteiger partial charge in [0, 0.05) is 23.9 Å². The molecule has 0 aromatic heterocycles. The first-order valence-electron chi connectivity index (χ1n) is 5.09. The third kappa shape index (κ3) is 3.88. The predicted octanol–water partition coefficient (Wildman–Crippen LogP) is 1.90. The summed E-state index contributed by atoms with van der Waals surface area (Å²) in [7, 11) is 0. The van der Waals surface area contributed by atoms with E-state index in [1.807, 2.05) is 18.7 Å². The molecule has 0 aliphatic heterocycles. The SMILES string of the molecule is CCOCC(C)NCC1(SC)CC1. The van der Waals surface area contributed by atoms with E-state index in [2.05, 4.69) is 18.5 Å². The first-order valence-corrected chi connectivity index (χ1v) is 6.31. The fourth-order valence-electron chi connectivity index (χ4n) is 1.31. The number of nitrogens with one attached hydrogen (secondary N) is 1. The van der Waals surface area contributed by atoms with Crippen molar-refractivity contribution in [3.63, 3.8) is 0 Å². The van der Waals surface area contributed by atoms with E-state index in [1.54, 1.807) is 0 Å². The number of hydrogen-bond acceptors (Lipinski definition) is 3. The van der Waals surface area contributed by atoms with Gasteiger partial charge >= 0.3 is 0 Å². The highest BCUT2D eigenvalue weighted by molar-refractivity contribution is 8.00. The summed E-state index contributed by atoms with van der Waals surface area (Å²) in [6.45, 7) is 7.02. The Morgan fingerprint density at radius 3 is 2.69 bits per heavy atom. The zero-order valence-corrected chi connectivity index (χ0v) is 9.75. The van der Waals surface area contributed by atoms with Crippen LogP contribution in [-0.4, -0.2) is 36.8 Å². The maximum atomic E-state index is 5.35. The first kappa shape index (κ1) is 11.3. The van der Waals surface area contributed by atoms with E-state index < -0.39 is 0 Å². The molecule has 0 spiro atoms. The highest BCUT2D eigenvalue weighted by Gasteiger charge is 2.41. The predicted molar refractivity (Wildman–Crippen MR) is 59.4 cm³/mol. The Hall–Kier alpha value is 0.270. The Bertz CT molecular complexity index is 148. The fraction of sp³-hybridized carbons (Fsp3) is 1.00. The van der Waals surface area contributed by atoms with E-state index in [-0.39, 0.29) is 0 Å². The van der Waals surface area contributed by atoms with Crippen LogP contribution in [0.1, 0.15) is 26.7 Å². The standard InChI is InChI=1S/C10H21NOS/c1-4-12-7-9(2)11-8-10(13-3)5-6-10/h9,11H,4-8H2,1-3H3. The van der Waals surface area contributed by atoms with Gasteiger partial charge in [0.15, 0.2) is 0 Å². The Kier molecular flexibility index (Phi) is 4.56. The average molecular weight is 203 g/mol. The van der Waals surface area contributed by atoms with E-state index in [0.717, 1.165) is 19.8 Å². The second-order valence-electron chi connectivity index (χ2n) is 3.83. The van der Waals surface area contributed by atoms with Crippen LogP contribution in [-0.2, 0) is 4.74 Å². The van der Waals surface area contributed by atoms with E-state index in [4.69, 9.17) is 4.74 Å². The summed E-state index contributed by atoms with van der Waals surface area (Å²) in [6, 6.07) is 0.490. The molecule has 0 aromatic rings. The van der Waals surface area contributed by atoms with Crippen LogP contribution in [0.2, 0.25) is 0 Å². The van der Waals surface area contributed by atoms with Crippen molar-refractivity contribution in [3.05, 3.63) is 0 Å². The van der Waals surface area contributed by atoms with Crippen molar-refractivity contribution in [1.29, 1.82) is 0 Å². The van der Waals surface area contributed by atoms with Gasteiger partial charge in [0.25, 0.3) is 0 Å². The summed E-state index contributed by atoms with van der Waals surface area (Å²) in [5, 5.41) is 3.53. The van der Waals surface area contributed by atoms with Crippen LogP contribution in [0, 0.1) is 0 Å². The second-order valence-corrected chi connectivity index (χ2v) is 5.10. The maximum absolute atomic E-state index is 5.35. The topological polar surface area (TPSA) is 21.3 Å². The minimum atomic E-state index is 0.490. The molecular formula is C10H21NOS. The molecule has 13 heavy (non-hydrogen) atoms.